The van der Waals surface area contributed by atoms with Crippen molar-refractivity contribution in [1.82, 2.24) is 14.5 Å². The molecule has 60 heavy (non-hydrogen) atoms. The van der Waals surface area contributed by atoms with Crippen LogP contribution in [0.3, 0.4) is 0 Å². The molecule has 4 nitrogen and oxygen atoms in total. The van der Waals surface area contributed by atoms with Crippen LogP contribution in [0.25, 0.3) is 72.4 Å². The van der Waals surface area contributed by atoms with Crippen LogP contribution in [0.4, 0.5) is 8.78 Å². The van der Waals surface area contributed by atoms with Crippen molar-refractivity contribution in [2.75, 3.05) is 0 Å². The molecule has 0 aliphatic rings. The van der Waals surface area contributed by atoms with Crippen molar-refractivity contribution in [3.8, 4) is 39.5 Å². The molecule has 0 atom stereocenters. The van der Waals surface area contributed by atoms with Crippen molar-refractivity contribution in [1.29, 1.82) is 0 Å². The van der Waals surface area contributed by atoms with Gasteiger partial charge in [-0.1, -0.05) is 98.0 Å². The Morgan fingerprint density at radius 3 is 2.22 bits per heavy atom. The fraction of sp³-hybridized carbons (Fsp3) is 0.192. The number of aromatic nitrogens is 3. The van der Waals surface area contributed by atoms with Crippen molar-refractivity contribution in [3.05, 3.63) is 167 Å². The Kier molecular flexibility index (Phi) is 11.4. The Bertz CT molecular complexity index is 3060. The smallest absolute Gasteiger partial charge is 0.126 e. The van der Waals surface area contributed by atoms with E-state index in [0.717, 1.165) is 72.3 Å². The summed E-state index contributed by atoms with van der Waals surface area (Å²) in [5, 5.41) is 2.72. The first-order valence-electron chi connectivity index (χ1n) is 20.9. The minimum atomic E-state index is -1.67. The number of fused-ring (bicyclic) bond motifs is 4. The van der Waals surface area contributed by atoms with Crippen LogP contribution in [-0.4, -0.2) is 22.6 Å². The molecule has 3 aromatic heterocycles. The largest absolute Gasteiger partial charge is 0.501 e. The van der Waals surface area contributed by atoms with Crippen molar-refractivity contribution in [2.45, 2.75) is 60.6 Å². The fourth-order valence-corrected chi connectivity index (χ4v) is 9.44. The van der Waals surface area contributed by atoms with Gasteiger partial charge in [0.15, 0.2) is 0 Å². The molecule has 0 fully saturated rings. The van der Waals surface area contributed by atoms with E-state index in [0.29, 0.717) is 28.1 Å². The molecule has 305 valence electrons. The predicted molar refractivity (Wildman–Crippen MR) is 242 cm³/mol. The molecule has 8 heteroatoms. The van der Waals surface area contributed by atoms with Crippen LogP contribution in [0.5, 0.6) is 0 Å². The maximum atomic E-state index is 14.2. The zero-order valence-electron chi connectivity index (χ0n) is 37.0. The zero-order valence-corrected chi connectivity index (χ0v) is 38.4. The van der Waals surface area contributed by atoms with Crippen LogP contribution < -0.4 is 5.19 Å². The van der Waals surface area contributed by atoms with Gasteiger partial charge >= 0.3 is 0 Å². The first-order valence-corrected chi connectivity index (χ1v) is 23.4. The second kappa shape index (κ2) is 17.2. The number of imidazole rings is 1. The Morgan fingerprint density at radius 2 is 1.53 bits per heavy atom. The number of para-hydroxylation sites is 2. The molecule has 0 aliphatic carbocycles. The molecule has 6 aromatic carbocycles. The summed E-state index contributed by atoms with van der Waals surface area (Å²) >= 11 is 0. The predicted octanol–water partition coefficient (Wildman–Crippen LogP) is 13.6. The first-order chi connectivity index (χ1) is 29.0. The molecule has 0 bridgehead atoms. The van der Waals surface area contributed by atoms with Crippen LogP contribution >= 0.6 is 0 Å². The molecular formula is C52H47F2IrN3OSi-2. The Balaban J connectivity index is 0.000000215. The number of nitrogens with zero attached hydrogens (tertiary/aromatic N) is 3. The second-order valence-electron chi connectivity index (χ2n) is 16.5. The van der Waals surface area contributed by atoms with E-state index < -0.39 is 26.1 Å². The monoisotopic (exact) mass is 990 g/mol. The van der Waals surface area contributed by atoms with Gasteiger partial charge < -0.3 is 14.0 Å². The Hall–Kier alpha value is -5.53. The molecule has 0 aliphatic heterocycles. The average Bonchev–Trinajstić information content (AvgIpc) is 3.79. The number of aryl methyl sites for hydroxylation is 3. The molecule has 0 spiro atoms. The van der Waals surface area contributed by atoms with Gasteiger partial charge in [-0.3, -0.25) is 4.98 Å². The van der Waals surface area contributed by atoms with Crippen LogP contribution in [0.1, 0.15) is 38.8 Å². The van der Waals surface area contributed by atoms with Gasteiger partial charge in [-0.25, -0.2) is 8.78 Å². The zero-order chi connectivity index (χ0) is 43.4. The summed E-state index contributed by atoms with van der Waals surface area (Å²) in [5.41, 5.74) is 12.0. The number of furan rings is 1. The van der Waals surface area contributed by atoms with Crippen molar-refractivity contribution in [3.63, 3.8) is 0 Å². The molecule has 0 unspecified atom stereocenters. The van der Waals surface area contributed by atoms with Crippen molar-refractivity contribution in [2.24, 2.45) is 5.92 Å². The summed E-state index contributed by atoms with van der Waals surface area (Å²) in [6, 6.07) is 41.5. The third-order valence-electron chi connectivity index (χ3n) is 10.4. The summed E-state index contributed by atoms with van der Waals surface area (Å²) in [7, 11) is -1.67. The number of halogens is 2. The number of hydrogen-bond acceptors (Lipinski definition) is 3. The quantitative estimate of drug-likeness (QED) is 0.118. The molecule has 1 radical (unpaired) electrons. The maximum Gasteiger partial charge on any atom is 0.126 e. The van der Waals surface area contributed by atoms with Crippen LogP contribution in [0, 0.1) is 50.5 Å². The fourth-order valence-electron chi connectivity index (χ4n) is 8.04. The van der Waals surface area contributed by atoms with E-state index in [1.807, 2.05) is 98.9 Å². The summed E-state index contributed by atoms with van der Waals surface area (Å²) in [4.78, 5) is 9.65. The van der Waals surface area contributed by atoms with Crippen molar-refractivity contribution >= 4 is 46.2 Å². The third-order valence-corrected chi connectivity index (χ3v) is 12.4. The SMILES string of the molecule is Cc1cc(C)c(-n2c(-c3[c-]ccc4c3oc3cccc(-c5cc(F)cc(F)c5)c34)nc3ccccc32)c(C)c1.[2H]C([2H])(c1cc(-c2[c-]cccc2)ncc1[Si](C)(C)C)C(C)C.[Ir]. The summed E-state index contributed by atoms with van der Waals surface area (Å²) in [5.74, 6) is -0.616. The van der Waals surface area contributed by atoms with Gasteiger partial charge in [-0.15, -0.1) is 54.1 Å². The summed E-state index contributed by atoms with van der Waals surface area (Å²) in [6.07, 6.45) is 0.528. The van der Waals surface area contributed by atoms with E-state index in [1.54, 1.807) is 0 Å². The van der Waals surface area contributed by atoms with E-state index >= 15 is 0 Å². The summed E-state index contributed by atoms with van der Waals surface area (Å²) in [6.45, 7) is 16.9. The minimum Gasteiger partial charge on any atom is -0.501 e. The van der Waals surface area contributed by atoms with Gasteiger partial charge in [0, 0.05) is 46.2 Å². The molecule has 0 amide bonds. The summed E-state index contributed by atoms with van der Waals surface area (Å²) < 4.78 is 54.1. The van der Waals surface area contributed by atoms with Gasteiger partial charge in [0.05, 0.1) is 30.5 Å². The normalized spacial score (nSPS) is 12.3. The van der Waals surface area contributed by atoms with Gasteiger partial charge in [-0.05, 0) is 96.5 Å². The second-order valence-corrected chi connectivity index (χ2v) is 21.5. The molecule has 0 N–H and O–H groups in total. The molecule has 9 aromatic rings. The van der Waals surface area contributed by atoms with Crippen LogP contribution in [0.15, 0.2) is 126 Å². The van der Waals surface area contributed by atoms with Crippen molar-refractivity contribution < 1.29 is 36.0 Å². The van der Waals surface area contributed by atoms with E-state index in [4.69, 9.17) is 12.1 Å². The van der Waals surface area contributed by atoms with E-state index in [2.05, 4.69) is 80.3 Å². The molecule has 0 saturated heterocycles. The molecule has 0 saturated carbocycles. The van der Waals surface area contributed by atoms with Crippen LogP contribution in [0.2, 0.25) is 19.6 Å². The minimum absolute atomic E-state index is 0. The molecule has 9 rings (SSSR count). The topological polar surface area (TPSA) is 43.9 Å². The maximum absolute atomic E-state index is 14.2. The van der Waals surface area contributed by atoms with Gasteiger partial charge in [0.25, 0.3) is 0 Å². The van der Waals surface area contributed by atoms with Gasteiger partial charge in [-0.2, -0.15) is 0 Å². The third kappa shape index (κ3) is 8.42. The van der Waals surface area contributed by atoms with E-state index in [9.17, 15) is 8.78 Å². The van der Waals surface area contributed by atoms with Gasteiger partial charge in [0.2, 0.25) is 0 Å². The number of pyridine rings is 1. The molecular weight excluding hydrogens is 941 g/mol. The number of benzene rings is 6. The standard InChI is InChI=1S/C34H23F2N2O.C18H24NSi.Ir/c1-19-14-20(2)32(21(3)15-19)38-29-12-5-4-11-28(29)37-34(38)27-10-6-9-26-31-25(8-7-13-30(31)39-33(26)27)22-16-23(35)18-24(36)17-22;1-14(2)11-16-12-17(15-9-7-6-8-10-15)19-13-18(16)20(3,4)5;/h4-9,11-18H,1-3H3;6-9,12-14H,11H2,1-5H3;/q2*-1;/i;11D2;. The van der Waals surface area contributed by atoms with Gasteiger partial charge in [0.1, 0.15) is 17.2 Å². The van der Waals surface area contributed by atoms with Crippen LogP contribution in [-0.2, 0) is 26.5 Å². The van der Waals surface area contributed by atoms with E-state index in [-0.39, 0.29) is 26.0 Å². The number of rotatable bonds is 7. The number of hydrogen-bond donors (Lipinski definition) is 0. The average molecular weight is 990 g/mol. The van der Waals surface area contributed by atoms with E-state index in [1.165, 1.54) is 17.7 Å². The Labute approximate surface area is 368 Å². The molecule has 3 heterocycles. The first kappa shape index (κ1) is 39.9. The Morgan fingerprint density at radius 1 is 0.817 bits per heavy atom.